The van der Waals surface area contributed by atoms with Crippen molar-refractivity contribution < 1.29 is 4.79 Å². The van der Waals surface area contributed by atoms with E-state index < -0.39 is 0 Å². The minimum Gasteiger partial charge on any atom is -0.355 e. The van der Waals surface area contributed by atoms with Crippen LogP contribution in [0.25, 0.3) is 0 Å². The molecule has 1 unspecified atom stereocenters. The Morgan fingerprint density at radius 3 is 3.31 bits per heavy atom. The van der Waals surface area contributed by atoms with Crippen molar-refractivity contribution in [1.82, 2.24) is 20.4 Å². The molecule has 1 aromatic heterocycles. The molecule has 1 saturated heterocycles. The molecule has 1 fully saturated rings. The predicted molar refractivity (Wildman–Crippen MR) is 60.8 cm³/mol. The van der Waals surface area contributed by atoms with Gasteiger partial charge in [-0.1, -0.05) is 6.08 Å². The van der Waals surface area contributed by atoms with Gasteiger partial charge in [-0.3, -0.25) is 9.48 Å². The number of rotatable bonds is 3. The van der Waals surface area contributed by atoms with Crippen molar-refractivity contribution >= 4 is 5.91 Å². The summed E-state index contributed by atoms with van der Waals surface area (Å²) < 4.78 is 1.81. The van der Waals surface area contributed by atoms with E-state index in [0.29, 0.717) is 19.5 Å². The molecule has 0 aliphatic carbocycles. The highest BCUT2D eigenvalue weighted by Gasteiger charge is 2.19. The monoisotopic (exact) mass is 220 g/mol. The number of carbonyl (C=O) groups is 1. The van der Waals surface area contributed by atoms with Gasteiger partial charge in [-0.05, 0) is 0 Å². The molecular formula is C11H16N4O. The van der Waals surface area contributed by atoms with Crippen LogP contribution in [0.3, 0.4) is 0 Å². The zero-order valence-electron chi connectivity index (χ0n) is 9.15. The lowest BCUT2D eigenvalue weighted by Crippen LogP contribution is -2.24. The topological polar surface area (TPSA) is 59.0 Å². The van der Waals surface area contributed by atoms with Crippen molar-refractivity contribution in [2.24, 2.45) is 0 Å². The molecule has 16 heavy (non-hydrogen) atoms. The molecule has 2 rings (SSSR count). The van der Waals surface area contributed by atoms with Crippen LogP contribution in [-0.2, 0) is 11.3 Å². The maximum atomic E-state index is 11.4. The molecule has 2 N–H and O–H groups in total. The predicted octanol–water partition coefficient (Wildman–Crippen LogP) is 0.220. The summed E-state index contributed by atoms with van der Waals surface area (Å²) >= 11 is 0. The van der Waals surface area contributed by atoms with Crippen molar-refractivity contribution in [3.8, 4) is 0 Å². The highest BCUT2D eigenvalue weighted by Crippen LogP contribution is 2.16. The average Bonchev–Trinajstić information content (AvgIpc) is 2.61. The minimum absolute atomic E-state index is 0.0704. The van der Waals surface area contributed by atoms with E-state index in [1.807, 2.05) is 10.9 Å². The molecule has 86 valence electrons. The molecule has 1 atom stereocenters. The van der Waals surface area contributed by atoms with E-state index >= 15 is 0 Å². The summed E-state index contributed by atoms with van der Waals surface area (Å²) in [5, 5.41) is 10.4. The summed E-state index contributed by atoms with van der Waals surface area (Å²) in [5.74, 6) is 0.0893. The summed E-state index contributed by atoms with van der Waals surface area (Å²) in [4.78, 5) is 11.4. The maximum Gasteiger partial charge on any atom is 0.221 e. The summed E-state index contributed by atoms with van der Waals surface area (Å²) in [6.07, 6.45) is 6.03. The van der Waals surface area contributed by atoms with E-state index in [4.69, 9.17) is 0 Å². The molecule has 0 aromatic carbocycles. The van der Waals surface area contributed by atoms with Crippen molar-refractivity contribution in [2.75, 3.05) is 13.1 Å². The zero-order chi connectivity index (χ0) is 11.4. The van der Waals surface area contributed by atoms with Crippen molar-refractivity contribution in [1.29, 1.82) is 0 Å². The molecule has 0 bridgehead atoms. The first-order chi connectivity index (χ1) is 7.79. The third-order valence-corrected chi connectivity index (χ3v) is 2.60. The molecule has 2 heterocycles. The SMILES string of the molecule is C=CCn1cc(C2CC(=O)NCCN2)cn1. The largest absolute Gasteiger partial charge is 0.355 e. The van der Waals surface area contributed by atoms with Crippen molar-refractivity contribution in [3.63, 3.8) is 0 Å². The lowest BCUT2D eigenvalue weighted by molar-refractivity contribution is -0.121. The smallest absolute Gasteiger partial charge is 0.221 e. The Balaban J connectivity index is 2.08. The second-order valence-corrected chi connectivity index (χ2v) is 3.85. The Bertz CT molecular complexity index is 385. The van der Waals surface area contributed by atoms with E-state index in [9.17, 15) is 4.79 Å². The fourth-order valence-corrected chi connectivity index (χ4v) is 1.81. The lowest BCUT2D eigenvalue weighted by atomic mass is 10.1. The lowest BCUT2D eigenvalue weighted by Gasteiger charge is -2.11. The Morgan fingerprint density at radius 2 is 2.50 bits per heavy atom. The van der Waals surface area contributed by atoms with Gasteiger partial charge in [-0.2, -0.15) is 5.10 Å². The van der Waals surface area contributed by atoms with Crippen LogP contribution in [0.1, 0.15) is 18.0 Å². The van der Waals surface area contributed by atoms with Gasteiger partial charge in [0.25, 0.3) is 0 Å². The van der Waals surface area contributed by atoms with Crippen LogP contribution < -0.4 is 10.6 Å². The summed E-state index contributed by atoms with van der Waals surface area (Å²) in [6.45, 7) is 5.84. The fourth-order valence-electron chi connectivity index (χ4n) is 1.81. The highest BCUT2D eigenvalue weighted by atomic mass is 16.1. The molecule has 0 radical (unpaired) electrons. The van der Waals surface area contributed by atoms with Crippen LogP contribution in [0.15, 0.2) is 25.0 Å². The first-order valence-electron chi connectivity index (χ1n) is 5.43. The van der Waals surface area contributed by atoms with E-state index in [1.54, 1.807) is 12.3 Å². The minimum atomic E-state index is 0.0704. The molecule has 1 aliphatic rings. The third kappa shape index (κ3) is 2.49. The Labute approximate surface area is 94.5 Å². The van der Waals surface area contributed by atoms with E-state index in [1.165, 1.54) is 0 Å². The summed E-state index contributed by atoms with van der Waals surface area (Å²) in [5.41, 5.74) is 1.05. The Morgan fingerprint density at radius 1 is 1.62 bits per heavy atom. The van der Waals surface area contributed by atoms with Gasteiger partial charge in [-0.15, -0.1) is 6.58 Å². The van der Waals surface area contributed by atoms with Crippen LogP contribution in [0.2, 0.25) is 0 Å². The molecule has 5 heteroatoms. The number of nitrogens with zero attached hydrogens (tertiary/aromatic N) is 2. The Hall–Kier alpha value is -1.62. The standard InChI is InChI=1S/C11H16N4O/c1-2-5-15-8-9(7-14-15)10-6-11(16)13-4-3-12-10/h2,7-8,10,12H,1,3-6H2,(H,13,16). The summed E-state index contributed by atoms with van der Waals surface area (Å²) in [6, 6.07) is 0.0704. The van der Waals surface area contributed by atoms with E-state index in [-0.39, 0.29) is 11.9 Å². The quantitative estimate of drug-likeness (QED) is 0.716. The molecule has 1 aromatic rings. The van der Waals surface area contributed by atoms with Crippen LogP contribution in [0.4, 0.5) is 0 Å². The number of nitrogens with one attached hydrogen (secondary N) is 2. The molecule has 0 spiro atoms. The van der Waals surface area contributed by atoms with Crippen LogP contribution >= 0.6 is 0 Å². The third-order valence-electron chi connectivity index (χ3n) is 2.60. The molecular weight excluding hydrogens is 204 g/mol. The number of carbonyl (C=O) groups excluding carboxylic acids is 1. The first kappa shape index (κ1) is 10.9. The molecule has 1 amide bonds. The van der Waals surface area contributed by atoms with Gasteiger partial charge in [0, 0.05) is 37.3 Å². The van der Waals surface area contributed by atoms with Crippen LogP contribution in [-0.4, -0.2) is 28.8 Å². The highest BCUT2D eigenvalue weighted by molar-refractivity contribution is 5.77. The molecule has 0 saturated carbocycles. The number of hydrogen-bond donors (Lipinski definition) is 2. The van der Waals surface area contributed by atoms with E-state index in [0.717, 1.165) is 12.1 Å². The van der Waals surface area contributed by atoms with Gasteiger partial charge in [0.1, 0.15) is 0 Å². The van der Waals surface area contributed by atoms with Gasteiger partial charge in [0.2, 0.25) is 5.91 Å². The number of hydrogen-bond acceptors (Lipinski definition) is 3. The number of allylic oxidation sites excluding steroid dienone is 1. The van der Waals surface area contributed by atoms with Gasteiger partial charge in [-0.25, -0.2) is 0 Å². The van der Waals surface area contributed by atoms with Crippen molar-refractivity contribution in [2.45, 2.75) is 19.0 Å². The van der Waals surface area contributed by atoms with Crippen LogP contribution in [0.5, 0.6) is 0 Å². The normalized spacial score (nSPS) is 21.2. The number of amides is 1. The number of aromatic nitrogens is 2. The van der Waals surface area contributed by atoms with Gasteiger partial charge in [0.15, 0.2) is 0 Å². The molecule has 1 aliphatic heterocycles. The van der Waals surface area contributed by atoms with Gasteiger partial charge in [0.05, 0.1) is 12.7 Å². The zero-order valence-corrected chi connectivity index (χ0v) is 9.15. The maximum absolute atomic E-state index is 11.4. The summed E-state index contributed by atoms with van der Waals surface area (Å²) in [7, 11) is 0. The average molecular weight is 220 g/mol. The van der Waals surface area contributed by atoms with Crippen LogP contribution in [0, 0.1) is 0 Å². The first-order valence-corrected chi connectivity index (χ1v) is 5.43. The van der Waals surface area contributed by atoms with E-state index in [2.05, 4.69) is 22.3 Å². The van der Waals surface area contributed by atoms with Crippen molar-refractivity contribution in [3.05, 3.63) is 30.6 Å². The molecule has 5 nitrogen and oxygen atoms in total. The Kier molecular flexibility index (Phi) is 3.36. The second-order valence-electron chi connectivity index (χ2n) is 3.85. The second kappa shape index (κ2) is 4.94. The van der Waals surface area contributed by atoms with Gasteiger partial charge < -0.3 is 10.6 Å². The van der Waals surface area contributed by atoms with Gasteiger partial charge >= 0.3 is 0 Å². The fraction of sp³-hybridized carbons (Fsp3) is 0.455.